The number of carbonyl (C=O) groups excluding carboxylic acids is 1. The molecule has 3 aromatic rings. The van der Waals surface area contributed by atoms with E-state index >= 15 is 0 Å². The third-order valence-corrected chi connectivity index (χ3v) is 20.4. The van der Waals surface area contributed by atoms with Gasteiger partial charge >= 0.3 is 5.69 Å². The van der Waals surface area contributed by atoms with E-state index in [2.05, 4.69) is 15.3 Å². The van der Waals surface area contributed by atoms with Crippen LogP contribution in [0, 0.1) is 0 Å². The van der Waals surface area contributed by atoms with E-state index < -0.39 is 322 Å². The van der Waals surface area contributed by atoms with E-state index in [1.165, 1.54) is 6.07 Å². The summed E-state index contributed by atoms with van der Waals surface area (Å²) in [6, 6.07) is 6.26. The summed E-state index contributed by atoms with van der Waals surface area (Å²) in [5.41, 5.74) is -2.09. The van der Waals surface area contributed by atoms with Crippen molar-refractivity contribution in [2.45, 2.75) is 252 Å². The molecule has 2 aromatic heterocycles. The molecule has 16 bridgehead atoms. The second-order valence-electron chi connectivity index (χ2n) is 27.2. The SMILES string of the molecule is Cn1c(=O)c2nc3ccccc3nc2n(CC(=O)NC[C@H]2O[C@@H]3O[C@H]4[C@H](O)[C@@H](O)[C@@H](O[C@H]5[C@H](O)[C@@H](O)[C@@H](O[C@H]6[C@H](O)[C@@H](O)[C@@H](O[C@H]7[C@H](O)[C@@H](O)[C@@H](O[C@H]8[C@H](O)[C@@H](O)[C@@H](O[C@H]9[C@H](O)[C@@H](O)[C@@H](O[C@H]%10[C@H](O)[C@@H](O)[C@@H](O[C@H]2[C@H](O)[C@H]3O)O[C@@H]%10CO)O[C@@H]9CO)O[C@@H]8CO)O[C@@H]7CO)O[C@@H]6CO)O[C@@H]5CO)O[C@@H]4CO)c1=O. The summed E-state index contributed by atoms with van der Waals surface area (Å²) in [5.74, 6) is -1.06. The van der Waals surface area contributed by atoms with Crippen molar-refractivity contribution in [2.75, 3.05) is 52.8 Å². The van der Waals surface area contributed by atoms with E-state index in [1.807, 2.05) is 0 Å². The van der Waals surface area contributed by atoms with Gasteiger partial charge in [0.25, 0.3) is 5.56 Å². The van der Waals surface area contributed by atoms with Crippen LogP contribution in [-0.2, 0) is 94.2 Å². The first-order valence-corrected chi connectivity index (χ1v) is 34.3. The zero-order valence-electron chi connectivity index (χ0n) is 56.6. The molecule has 24 N–H and O–H groups in total. The molecular weight excluding hydrogens is 1470 g/mol. The van der Waals surface area contributed by atoms with Crippen molar-refractivity contribution in [3.8, 4) is 0 Å². The Morgan fingerprint density at radius 2 is 0.565 bits per heavy atom. The van der Waals surface area contributed by atoms with Crippen molar-refractivity contribution in [1.82, 2.24) is 24.4 Å². The van der Waals surface area contributed by atoms with Crippen LogP contribution in [0.4, 0.5) is 0 Å². The normalized spacial score (nSPS) is 47.3. The molecule has 30 fully saturated rings. The maximum atomic E-state index is 14.1. The van der Waals surface area contributed by atoms with Crippen molar-refractivity contribution < 1.29 is 198 Å². The maximum Gasteiger partial charge on any atom is 0.332 e. The highest BCUT2D eigenvalue weighted by atomic mass is 16.8. The summed E-state index contributed by atoms with van der Waals surface area (Å²) < 4.78 is 94.4. The number of aromatic nitrogens is 4. The van der Waals surface area contributed by atoms with E-state index in [0.29, 0.717) is 4.57 Å². The molecule has 40 atom stereocenters. The van der Waals surface area contributed by atoms with Crippen LogP contribution in [0.25, 0.3) is 22.2 Å². The summed E-state index contributed by atoms with van der Waals surface area (Å²) >= 11 is 0. The summed E-state index contributed by atoms with van der Waals surface area (Å²) in [6.07, 6.45) is -85.3. The number of nitrogens with zero attached hydrogens (tertiary/aromatic N) is 4. The standard InChI is InChI=1S/C61H89N5O42/c1-65-52(91)26-51(64-16-5-3-2-4-15(16)63-26)66(61(65)92)7-25(74)62-6-17-43-27(75)35(83)53(93-17)102-44-18(8-67)95-55(37(85)29(44)77)104-46-20(10-69)97-57(39(87)31(46)79)106-48-22(12-71)99-59(41(89)33(48)81)108-50-24(14-73)100-60(42(90)34(50)82)107-49-23(13-72)98-58(40(88)32(49)80)105-47-21(11-70)96-56(38(86)30(47)78)103-45-19(9-68)94-54(101-43)36(84)28(45)76/h2-5,17-24,27-50,53-60,67-73,75-90H,6-14H2,1H3,(H,62,74)/t17-,18-,19-,20-,21-,22-,23-,24-,27-,28-,29-,30-,31-,32-,33-,34-,35-,36-,37-,38-,39-,40-,41-,42-,43-,44-,45-,46-,47-,48-,49-,50-,53-,54-,55-,56-,57-,58-,59-,60-/m1/s1. The Bertz CT molecular complexity index is 3600. The number of carbonyl (C=O) groups is 1. The average molecular weight is 1560 g/mol. The lowest BCUT2D eigenvalue weighted by Gasteiger charge is -2.50. The minimum atomic E-state index is -2.40. The van der Waals surface area contributed by atoms with Crippen LogP contribution in [0.3, 0.4) is 0 Å². The van der Waals surface area contributed by atoms with Crippen molar-refractivity contribution in [2.24, 2.45) is 7.05 Å². The van der Waals surface area contributed by atoms with Gasteiger partial charge in [0.2, 0.25) is 5.91 Å². The highest BCUT2D eigenvalue weighted by molar-refractivity contribution is 5.85. The van der Waals surface area contributed by atoms with Crippen molar-refractivity contribution in [3.05, 3.63) is 45.1 Å². The number of para-hydroxylation sites is 2. The van der Waals surface area contributed by atoms with Gasteiger partial charge in [0.1, 0.15) is 202 Å². The molecule has 47 heteroatoms. The molecule has 30 aliphatic heterocycles. The molecule has 32 heterocycles. The predicted octanol–water partition coefficient (Wildman–Crippen LogP) is -17.6. The van der Waals surface area contributed by atoms with Crippen molar-refractivity contribution in [1.29, 1.82) is 0 Å². The van der Waals surface area contributed by atoms with Crippen LogP contribution >= 0.6 is 0 Å². The Labute approximate surface area is 606 Å². The van der Waals surface area contributed by atoms with Gasteiger partial charge in [0, 0.05) is 13.6 Å². The first-order chi connectivity index (χ1) is 51.5. The van der Waals surface area contributed by atoms with Gasteiger partial charge in [-0.25, -0.2) is 14.8 Å². The molecule has 47 nitrogen and oxygen atoms in total. The Balaban J connectivity index is 0.832. The van der Waals surface area contributed by atoms with Crippen molar-refractivity contribution in [3.63, 3.8) is 0 Å². The molecule has 0 unspecified atom stereocenters. The summed E-state index contributed by atoms with van der Waals surface area (Å²) in [5, 5.41) is 262. The number of ether oxygens (including phenoxy) is 16. The molecule has 33 rings (SSSR count). The monoisotopic (exact) mass is 1560 g/mol. The topological polar surface area (TPSA) is 712 Å². The number of benzene rings is 1. The molecule has 0 spiro atoms. The molecule has 1 aromatic carbocycles. The van der Waals surface area contributed by atoms with Gasteiger partial charge < -0.3 is 199 Å². The van der Waals surface area contributed by atoms with Gasteiger partial charge in [-0.15, -0.1) is 0 Å². The van der Waals surface area contributed by atoms with Gasteiger partial charge in [0.15, 0.2) is 61.5 Å². The van der Waals surface area contributed by atoms with E-state index in [1.54, 1.807) is 18.2 Å². The van der Waals surface area contributed by atoms with Gasteiger partial charge in [0.05, 0.1) is 57.3 Å². The molecule has 30 aliphatic rings. The number of hydrogen-bond acceptors (Lipinski definition) is 44. The van der Waals surface area contributed by atoms with E-state index in [0.717, 1.165) is 11.6 Å². The highest BCUT2D eigenvalue weighted by Crippen LogP contribution is 2.40. The van der Waals surface area contributed by atoms with Gasteiger partial charge in [-0.3, -0.25) is 18.7 Å². The third-order valence-electron chi connectivity index (χ3n) is 20.4. The van der Waals surface area contributed by atoms with Crippen LogP contribution in [0.2, 0.25) is 0 Å². The molecule has 0 aliphatic carbocycles. The lowest BCUT2D eigenvalue weighted by Crippen LogP contribution is -2.69. The fraction of sp³-hybridized carbons (Fsp3) is 0.820. The number of rotatable bonds is 11. The van der Waals surface area contributed by atoms with E-state index in [-0.39, 0.29) is 22.2 Å². The van der Waals surface area contributed by atoms with Gasteiger partial charge in [-0.05, 0) is 12.1 Å². The smallest absolute Gasteiger partial charge is 0.332 e. The summed E-state index contributed by atoms with van der Waals surface area (Å²) in [4.78, 5) is 49.9. The largest absolute Gasteiger partial charge is 0.394 e. The zero-order chi connectivity index (χ0) is 77.9. The fourth-order valence-corrected chi connectivity index (χ4v) is 14.3. The molecule has 0 radical (unpaired) electrons. The summed E-state index contributed by atoms with van der Waals surface area (Å²) in [6.45, 7) is -9.72. The van der Waals surface area contributed by atoms with Crippen LogP contribution in [-0.4, -0.2) is 441 Å². The van der Waals surface area contributed by atoms with Gasteiger partial charge in [-0.1, -0.05) is 12.1 Å². The Morgan fingerprint density at radius 1 is 0.343 bits per heavy atom. The first kappa shape index (κ1) is 82.9. The first-order valence-electron chi connectivity index (χ1n) is 34.3. The quantitative estimate of drug-likeness (QED) is 0.0793. The molecule has 1 amide bonds. The number of aliphatic hydroxyl groups is 23. The third kappa shape index (κ3) is 15.9. The van der Waals surface area contributed by atoms with E-state index in [4.69, 9.17) is 75.8 Å². The number of fused-ring (bicyclic) bond motifs is 2. The molecule has 108 heavy (non-hydrogen) atoms. The molecular formula is C61H89N5O42. The Morgan fingerprint density at radius 3 is 0.806 bits per heavy atom. The molecule has 0 saturated carbocycles. The average Bonchev–Trinajstić information content (AvgIpc) is 0.769. The van der Waals surface area contributed by atoms with Crippen LogP contribution in [0.15, 0.2) is 33.9 Å². The second kappa shape index (κ2) is 34.6. The number of aliphatic hydroxyl groups excluding tert-OH is 23. The maximum absolute atomic E-state index is 14.1. The lowest BCUT2D eigenvalue weighted by atomic mass is 9.94. The van der Waals surface area contributed by atoms with Gasteiger partial charge in [-0.2, -0.15) is 0 Å². The fourth-order valence-electron chi connectivity index (χ4n) is 14.3. The second-order valence-corrected chi connectivity index (χ2v) is 27.2. The number of hydrogen-bond donors (Lipinski definition) is 24. The molecule has 30 saturated heterocycles. The Kier molecular flexibility index (Phi) is 26.6. The highest BCUT2D eigenvalue weighted by Gasteiger charge is 2.61. The number of amides is 1. The minimum absolute atomic E-state index is 0.214. The lowest BCUT2D eigenvalue weighted by molar-refractivity contribution is -0.403. The predicted molar refractivity (Wildman–Crippen MR) is 334 cm³/mol. The Hall–Kier alpha value is -4.59. The van der Waals surface area contributed by atoms with E-state index in [9.17, 15) is 132 Å². The summed E-state index contributed by atoms with van der Waals surface area (Å²) in [7, 11) is 1.11. The van der Waals surface area contributed by atoms with Crippen LogP contribution in [0.5, 0.6) is 0 Å². The van der Waals surface area contributed by atoms with Crippen LogP contribution in [0.1, 0.15) is 0 Å². The number of nitrogens with one attached hydrogen (secondary N) is 1. The van der Waals surface area contributed by atoms with Crippen LogP contribution < -0.4 is 16.6 Å². The minimum Gasteiger partial charge on any atom is -0.394 e. The van der Waals surface area contributed by atoms with Crippen molar-refractivity contribution >= 4 is 28.1 Å². The zero-order valence-corrected chi connectivity index (χ0v) is 56.6. The molecule has 610 valence electrons.